The molecule has 1 amide bonds. The van der Waals surface area contributed by atoms with Crippen molar-refractivity contribution in [3.63, 3.8) is 0 Å². The zero-order chi connectivity index (χ0) is 15.4. The standard InChI is InChI=1S/C18H33N3O/c1-14(16-4-8-19-9-5-16)12-18(22)20-17-6-10-21(11-7-17)13-15-2-3-15/h14-17,19H,2-13H2,1H3,(H,20,22). The summed E-state index contributed by atoms with van der Waals surface area (Å²) >= 11 is 0. The molecule has 1 aliphatic carbocycles. The van der Waals surface area contributed by atoms with Crippen LogP contribution in [0.1, 0.15) is 51.9 Å². The van der Waals surface area contributed by atoms with Crippen LogP contribution >= 0.6 is 0 Å². The lowest BCUT2D eigenvalue weighted by molar-refractivity contribution is -0.123. The zero-order valence-corrected chi connectivity index (χ0v) is 14.2. The number of rotatable bonds is 6. The fourth-order valence-corrected chi connectivity index (χ4v) is 4.08. The minimum absolute atomic E-state index is 0.284. The number of carbonyl (C=O) groups is 1. The van der Waals surface area contributed by atoms with Crippen LogP contribution in [0.2, 0.25) is 0 Å². The summed E-state index contributed by atoms with van der Waals surface area (Å²) in [5.74, 6) is 2.52. The summed E-state index contributed by atoms with van der Waals surface area (Å²) in [6, 6.07) is 0.420. The smallest absolute Gasteiger partial charge is 0.220 e. The maximum absolute atomic E-state index is 12.3. The molecule has 22 heavy (non-hydrogen) atoms. The van der Waals surface area contributed by atoms with Crippen LogP contribution in [0, 0.1) is 17.8 Å². The Kier molecular flexibility index (Phi) is 5.75. The first-order chi connectivity index (χ1) is 10.7. The van der Waals surface area contributed by atoms with Gasteiger partial charge < -0.3 is 15.5 Å². The van der Waals surface area contributed by atoms with Gasteiger partial charge in [-0.15, -0.1) is 0 Å². The summed E-state index contributed by atoms with van der Waals surface area (Å²) in [6.45, 7) is 8.14. The van der Waals surface area contributed by atoms with E-state index in [0.717, 1.165) is 37.8 Å². The molecule has 0 spiro atoms. The van der Waals surface area contributed by atoms with Crippen LogP contribution in [0.4, 0.5) is 0 Å². The molecule has 2 N–H and O–H groups in total. The third kappa shape index (κ3) is 4.95. The van der Waals surface area contributed by atoms with Gasteiger partial charge in [0, 0.05) is 32.1 Å². The summed E-state index contributed by atoms with van der Waals surface area (Å²) in [7, 11) is 0. The molecule has 0 aromatic heterocycles. The van der Waals surface area contributed by atoms with Crippen molar-refractivity contribution < 1.29 is 4.79 Å². The van der Waals surface area contributed by atoms with Crippen LogP contribution in [0.15, 0.2) is 0 Å². The Labute approximate surface area is 135 Å². The lowest BCUT2D eigenvalue weighted by atomic mass is 9.84. The minimum atomic E-state index is 0.284. The number of amides is 1. The third-order valence-corrected chi connectivity index (χ3v) is 5.86. The number of nitrogens with one attached hydrogen (secondary N) is 2. The van der Waals surface area contributed by atoms with Crippen molar-refractivity contribution in [3.8, 4) is 0 Å². The summed E-state index contributed by atoms with van der Waals surface area (Å²) in [5.41, 5.74) is 0. The van der Waals surface area contributed by atoms with Crippen LogP contribution in [0.3, 0.4) is 0 Å². The molecule has 1 atom stereocenters. The molecule has 2 aliphatic heterocycles. The molecule has 0 aromatic rings. The van der Waals surface area contributed by atoms with Gasteiger partial charge in [0.1, 0.15) is 0 Å². The van der Waals surface area contributed by atoms with E-state index in [4.69, 9.17) is 0 Å². The second-order valence-corrected chi connectivity index (χ2v) is 7.85. The number of hydrogen-bond donors (Lipinski definition) is 2. The van der Waals surface area contributed by atoms with E-state index in [1.807, 2.05) is 0 Å². The van der Waals surface area contributed by atoms with Gasteiger partial charge in [-0.25, -0.2) is 0 Å². The van der Waals surface area contributed by atoms with E-state index in [2.05, 4.69) is 22.5 Å². The van der Waals surface area contributed by atoms with Gasteiger partial charge in [-0.3, -0.25) is 4.79 Å². The summed E-state index contributed by atoms with van der Waals surface area (Å²) in [5, 5.41) is 6.70. The second-order valence-electron chi connectivity index (χ2n) is 7.85. The van der Waals surface area contributed by atoms with E-state index < -0.39 is 0 Å². The van der Waals surface area contributed by atoms with Gasteiger partial charge in [-0.2, -0.15) is 0 Å². The van der Waals surface area contributed by atoms with Gasteiger partial charge in [0.2, 0.25) is 5.91 Å². The van der Waals surface area contributed by atoms with Crippen LogP contribution in [-0.2, 0) is 4.79 Å². The number of hydrogen-bond acceptors (Lipinski definition) is 3. The van der Waals surface area contributed by atoms with Crippen LogP contribution in [0.25, 0.3) is 0 Å². The lowest BCUT2D eigenvalue weighted by Gasteiger charge is -2.33. The van der Waals surface area contributed by atoms with Gasteiger partial charge in [0.25, 0.3) is 0 Å². The number of nitrogens with zero attached hydrogens (tertiary/aromatic N) is 1. The fraction of sp³-hybridized carbons (Fsp3) is 0.944. The predicted molar refractivity (Wildman–Crippen MR) is 89.7 cm³/mol. The van der Waals surface area contributed by atoms with E-state index in [9.17, 15) is 4.79 Å². The Balaban J connectivity index is 1.33. The minimum Gasteiger partial charge on any atom is -0.353 e. The van der Waals surface area contributed by atoms with Crippen molar-refractivity contribution in [1.82, 2.24) is 15.5 Å². The Bertz CT molecular complexity index is 355. The van der Waals surface area contributed by atoms with Gasteiger partial charge in [0.15, 0.2) is 0 Å². The SMILES string of the molecule is CC(CC(=O)NC1CCN(CC2CC2)CC1)C1CCNCC1. The van der Waals surface area contributed by atoms with E-state index >= 15 is 0 Å². The average molecular weight is 307 g/mol. The zero-order valence-electron chi connectivity index (χ0n) is 14.2. The molecule has 3 aliphatic rings. The highest BCUT2D eigenvalue weighted by Gasteiger charge is 2.28. The second kappa shape index (κ2) is 7.78. The molecule has 3 fully saturated rings. The first kappa shape index (κ1) is 16.3. The van der Waals surface area contributed by atoms with E-state index in [-0.39, 0.29) is 5.91 Å². The first-order valence-corrected chi connectivity index (χ1v) is 9.43. The van der Waals surface area contributed by atoms with Gasteiger partial charge in [0.05, 0.1) is 0 Å². The summed E-state index contributed by atoms with van der Waals surface area (Å²) < 4.78 is 0. The molecule has 2 heterocycles. The van der Waals surface area contributed by atoms with E-state index in [1.165, 1.54) is 45.3 Å². The maximum atomic E-state index is 12.3. The molecular weight excluding hydrogens is 274 g/mol. The molecule has 0 bridgehead atoms. The molecule has 0 radical (unpaired) electrons. The van der Waals surface area contributed by atoms with Gasteiger partial charge in [-0.05, 0) is 69.4 Å². The maximum Gasteiger partial charge on any atom is 0.220 e. The van der Waals surface area contributed by atoms with Crippen molar-refractivity contribution >= 4 is 5.91 Å². The predicted octanol–water partition coefficient (Wildman–Crippen LogP) is 2.00. The van der Waals surface area contributed by atoms with Crippen molar-refractivity contribution in [2.75, 3.05) is 32.7 Å². The average Bonchev–Trinajstić information content (AvgIpc) is 3.34. The molecule has 1 unspecified atom stereocenters. The lowest BCUT2D eigenvalue weighted by Crippen LogP contribution is -2.45. The number of piperidine rings is 2. The van der Waals surface area contributed by atoms with Gasteiger partial charge >= 0.3 is 0 Å². The Morgan fingerprint density at radius 3 is 2.45 bits per heavy atom. The summed E-state index contributed by atoms with van der Waals surface area (Å²) in [4.78, 5) is 14.9. The Morgan fingerprint density at radius 1 is 1.14 bits per heavy atom. The number of likely N-dealkylation sites (tertiary alicyclic amines) is 1. The Hall–Kier alpha value is -0.610. The van der Waals surface area contributed by atoms with E-state index in [0.29, 0.717) is 18.4 Å². The molecular formula is C18H33N3O. The highest BCUT2D eigenvalue weighted by molar-refractivity contribution is 5.76. The van der Waals surface area contributed by atoms with Crippen molar-refractivity contribution in [3.05, 3.63) is 0 Å². The molecule has 126 valence electrons. The van der Waals surface area contributed by atoms with Crippen molar-refractivity contribution in [2.45, 2.75) is 57.9 Å². The molecule has 3 rings (SSSR count). The molecule has 0 aromatic carbocycles. The van der Waals surface area contributed by atoms with E-state index in [1.54, 1.807) is 0 Å². The highest BCUT2D eigenvalue weighted by Crippen LogP contribution is 2.30. The third-order valence-electron chi connectivity index (χ3n) is 5.86. The number of carbonyl (C=O) groups excluding carboxylic acids is 1. The molecule has 1 saturated carbocycles. The van der Waals surface area contributed by atoms with Crippen LogP contribution in [-0.4, -0.2) is 49.6 Å². The quantitative estimate of drug-likeness (QED) is 0.789. The molecule has 4 nitrogen and oxygen atoms in total. The van der Waals surface area contributed by atoms with Crippen molar-refractivity contribution in [1.29, 1.82) is 0 Å². The monoisotopic (exact) mass is 307 g/mol. The first-order valence-electron chi connectivity index (χ1n) is 9.43. The van der Waals surface area contributed by atoms with Gasteiger partial charge in [-0.1, -0.05) is 6.92 Å². The molecule has 4 heteroatoms. The normalized spacial score (nSPS) is 26.8. The highest BCUT2D eigenvalue weighted by atomic mass is 16.1. The fourth-order valence-electron chi connectivity index (χ4n) is 4.08. The topological polar surface area (TPSA) is 44.4 Å². The molecule has 2 saturated heterocycles. The van der Waals surface area contributed by atoms with Crippen molar-refractivity contribution in [2.24, 2.45) is 17.8 Å². The largest absolute Gasteiger partial charge is 0.353 e. The Morgan fingerprint density at radius 2 is 1.82 bits per heavy atom. The van der Waals surface area contributed by atoms with Crippen LogP contribution < -0.4 is 10.6 Å². The van der Waals surface area contributed by atoms with Crippen LogP contribution in [0.5, 0.6) is 0 Å². The summed E-state index contributed by atoms with van der Waals surface area (Å²) in [6.07, 6.45) is 8.33.